The Morgan fingerprint density at radius 1 is 1.38 bits per heavy atom. The van der Waals surface area contributed by atoms with E-state index in [0.29, 0.717) is 11.9 Å². The number of hydrogen-bond acceptors (Lipinski definition) is 5. The molecule has 0 spiro atoms. The van der Waals surface area contributed by atoms with Crippen molar-refractivity contribution in [3.8, 4) is 10.4 Å². The zero-order chi connectivity index (χ0) is 17.9. The zero-order valence-electron chi connectivity index (χ0n) is 14.4. The first-order valence-electron chi connectivity index (χ1n) is 8.71. The van der Waals surface area contributed by atoms with Crippen LogP contribution in [0.4, 0.5) is 0 Å². The Morgan fingerprint density at radius 3 is 2.96 bits per heavy atom. The molecule has 0 aliphatic carbocycles. The number of rotatable bonds is 6. The SMILES string of the molecule is C=CCn1c(SC[C@@H]2CCCO2)nc2sc(-c3ccccc3)cc2c1=O. The van der Waals surface area contributed by atoms with Crippen molar-refractivity contribution in [3.05, 3.63) is 59.4 Å². The molecule has 0 bridgehead atoms. The molecule has 4 nitrogen and oxygen atoms in total. The highest BCUT2D eigenvalue weighted by molar-refractivity contribution is 7.99. The first kappa shape index (κ1) is 17.5. The smallest absolute Gasteiger partial charge is 0.263 e. The van der Waals surface area contributed by atoms with Crippen LogP contribution < -0.4 is 5.56 Å². The number of thiophene rings is 1. The summed E-state index contributed by atoms with van der Waals surface area (Å²) >= 11 is 3.17. The lowest BCUT2D eigenvalue weighted by molar-refractivity contribution is 0.129. The van der Waals surface area contributed by atoms with E-state index >= 15 is 0 Å². The standard InChI is InChI=1S/C20H20N2O2S2/c1-2-10-22-19(23)16-12-17(14-7-4-3-5-8-14)26-18(16)21-20(22)25-13-15-9-6-11-24-15/h2-5,7-8,12,15H,1,6,9-11,13H2/t15-/m0/s1. The Balaban J connectivity index is 1.73. The van der Waals surface area contributed by atoms with Gasteiger partial charge in [0, 0.05) is 23.8 Å². The number of allylic oxidation sites excluding steroid dienone is 1. The maximum absolute atomic E-state index is 13.0. The third kappa shape index (κ3) is 3.49. The number of fused-ring (bicyclic) bond motifs is 1. The van der Waals surface area contributed by atoms with E-state index in [1.165, 1.54) is 0 Å². The summed E-state index contributed by atoms with van der Waals surface area (Å²) in [6.07, 6.45) is 4.20. The van der Waals surface area contributed by atoms with Gasteiger partial charge >= 0.3 is 0 Å². The predicted octanol–water partition coefficient (Wildman–Crippen LogP) is 4.58. The average molecular weight is 385 g/mol. The summed E-state index contributed by atoms with van der Waals surface area (Å²) in [6.45, 7) is 5.09. The van der Waals surface area contributed by atoms with Crippen LogP contribution in [0.15, 0.2) is 59.0 Å². The predicted molar refractivity (Wildman–Crippen MR) is 109 cm³/mol. The fraction of sp³-hybridized carbons (Fsp3) is 0.300. The molecule has 26 heavy (non-hydrogen) atoms. The van der Waals surface area contributed by atoms with Crippen LogP contribution in [0.1, 0.15) is 12.8 Å². The monoisotopic (exact) mass is 384 g/mol. The molecule has 4 rings (SSSR count). The zero-order valence-corrected chi connectivity index (χ0v) is 16.0. The number of thioether (sulfide) groups is 1. The maximum Gasteiger partial charge on any atom is 0.263 e. The first-order valence-corrected chi connectivity index (χ1v) is 10.5. The highest BCUT2D eigenvalue weighted by atomic mass is 32.2. The molecule has 134 valence electrons. The van der Waals surface area contributed by atoms with Gasteiger partial charge in [-0.25, -0.2) is 4.98 Å². The number of nitrogens with zero attached hydrogens (tertiary/aromatic N) is 2. The largest absolute Gasteiger partial charge is 0.377 e. The van der Waals surface area contributed by atoms with E-state index in [4.69, 9.17) is 9.72 Å². The topological polar surface area (TPSA) is 44.1 Å². The minimum Gasteiger partial charge on any atom is -0.377 e. The van der Waals surface area contributed by atoms with Crippen molar-refractivity contribution < 1.29 is 4.74 Å². The minimum atomic E-state index is 0.00294. The lowest BCUT2D eigenvalue weighted by Gasteiger charge is -2.12. The number of hydrogen-bond donors (Lipinski definition) is 0. The molecule has 2 aromatic heterocycles. The van der Waals surface area contributed by atoms with Crippen LogP contribution in [0.5, 0.6) is 0 Å². The fourth-order valence-corrected chi connectivity index (χ4v) is 5.24. The maximum atomic E-state index is 13.0. The Kier molecular flexibility index (Phi) is 5.24. The third-order valence-electron chi connectivity index (χ3n) is 4.41. The summed E-state index contributed by atoms with van der Waals surface area (Å²) in [7, 11) is 0. The summed E-state index contributed by atoms with van der Waals surface area (Å²) in [4.78, 5) is 19.7. The van der Waals surface area contributed by atoms with Crippen molar-refractivity contribution >= 4 is 33.3 Å². The number of ether oxygens (including phenoxy) is 1. The molecular formula is C20H20N2O2S2. The second kappa shape index (κ2) is 7.78. The second-order valence-corrected chi connectivity index (χ2v) is 8.26. The van der Waals surface area contributed by atoms with E-state index in [0.717, 1.165) is 45.6 Å². The molecule has 1 aliphatic rings. The molecule has 6 heteroatoms. The molecule has 0 saturated carbocycles. The van der Waals surface area contributed by atoms with Gasteiger partial charge in [0.15, 0.2) is 5.16 Å². The van der Waals surface area contributed by atoms with E-state index in [-0.39, 0.29) is 11.7 Å². The van der Waals surface area contributed by atoms with Crippen LogP contribution in [-0.2, 0) is 11.3 Å². The fourth-order valence-electron chi connectivity index (χ4n) is 3.09. The first-order chi connectivity index (χ1) is 12.8. The van der Waals surface area contributed by atoms with Crippen LogP contribution in [0, 0.1) is 0 Å². The summed E-state index contributed by atoms with van der Waals surface area (Å²) in [5.41, 5.74) is 1.11. The lowest BCUT2D eigenvalue weighted by atomic mass is 10.2. The van der Waals surface area contributed by atoms with Gasteiger partial charge in [-0.15, -0.1) is 17.9 Å². The molecule has 1 fully saturated rings. The van der Waals surface area contributed by atoms with Crippen molar-refractivity contribution in [1.82, 2.24) is 9.55 Å². The summed E-state index contributed by atoms with van der Waals surface area (Å²) in [5, 5.41) is 1.43. The quantitative estimate of drug-likeness (QED) is 0.354. The normalized spacial score (nSPS) is 17.0. The van der Waals surface area contributed by atoms with E-state index in [9.17, 15) is 4.79 Å². The molecule has 1 aliphatic heterocycles. The van der Waals surface area contributed by atoms with Gasteiger partial charge in [0.1, 0.15) is 4.83 Å². The van der Waals surface area contributed by atoms with Crippen molar-refractivity contribution in [2.24, 2.45) is 0 Å². The molecular weight excluding hydrogens is 364 g/mol. The highest BCUT2D eigenvalue weighted by Crippen LogP contribution is 2.32. The molecule has 1 saturated heterocycles. The van der Waals surface area contributed by atoms with Gasteiger partial charge in [-0.1, -0.05) is 48.2 Å². The van der Waals surface area contributed by atoms with Gasteiger partial charge < -0.3 is 4.74 Å². The average Bonchev–Trinajstić information content (AvgIpc) is 3.33. The van der Waals surface area contributed by atoms with Gasteiger partial charge in [-0.3, -0.25) is 9.36 Å². The molecule has 0 N–H and O–H groups in total. The van der Waals surface area contributed by atoms with E-state index in [2.05, 4.69) is 18.7 Å². The van der Waals surface area contributed by atoms with E-state index < -0.39 is 0 Å². The summed E-state index contributed by atoms with van der Waals surface area (Å²) < 4.78 is 7.42. The van der Waals surface area contributed by atoms with Gasteiger partial charge in [-0.2, -0.15) is 0 Å². The van der Waals surface area contributed by atoms with Crippen LogP contribution in [0.25, 0.3) is 20.7 Å². The van der Waals surface area contributed by atoms with E-state index in [1.54, 1.807) is 33.7 Å². The minimum absolute atomic E-state index is 0.00294. The molecule has 3 heterocycles. The van der Waals surface area contributed by atoms with Crippen molar-refractivity contribution in [3.63, 3.8) is 0 Å². The molecule has 1 aromatic carbocycles. The van der Waals surface area contributed by atoms with Crippen LogP contribution in [-0.4, -0.2) is 28.0 Å². The highest BCUT2D eigenvalue weighted by Gasteiger charge is 2.19. The molecule has 1 atom stereocenters. The lowest BCUT2D eigenvalue weighted by Crippen LogP contribution is -2.22. The second-order valence-electron chi connectivity index (χ2n) is 6.24. The third-order valence-corrected chi connectivity index (χ3v) is 6.59. The van der Waals surface area contributed by atoms with Gasteiger partial charge in [-0.05, 0) is 24.5 Å². The Morgan fingerprint density at radius 2 is 2.23 bits per heavy atom. The van der Waals surface area contributed by atoms with Crippen molar-refractivity contribution in [2.45, 2.75) is 30.6 Å². The van der Waals surface area contributed by atoms with Crippen LogP contribution in [0.3, 0.4) is 0 Å². The van der Waals surface area contributed by atoms with Crippen LogP contribution >= 0.6 is 23.1 Å². The van der Waals surface area contributed by atoms with Gasteiger partial charge in [0.2, 0.25) is 0 Å². The Hall–Kier alpha value is -1.89. The molecule has 3 aromatic rings. The summed E-state index contributed by atoms with van der Waals surface area (Å²) in [5.74, 6) is 0.825. The van der Waals surface area contributed by atoms with Gasteiger partial charge in [0.05, 0.1) is 11.5 Å². The van der Waals surface area contributed by atoms with Crippen molar-refractivity contribution in [2.75, 3.05) is 12.4 Å². The van der Waals surface area contributed by atoms with Gasteiger partial charge in [0.25, 0.3) is 5.56 Å². The number of aromatic nitrogens is 2. The van der Waals surface area contributed by atoms with Crippen LogP contribution in [0.2, 0.25) is 0 Å². The molecule has 0 amide bonds. The Bertz CT molecular complexity index is 973. The molecule has 0 radical (unpaired) electrons. The van der Waals surface area contributed by atoms with Crippen molar-refractivity contribution in [1.29, 1.82) is 0 Å². The summed E-state index contributed by atoms with van der Waals surface area (Å²) in [6, 6.07) is 12.1. The molecule has 0 unspecified atom stereocenters. The number of benzene rings is 1. The van der Waals surface area contributed by atoms with E-state index in [1.807, 2.05) is 24.3 Å². The Labute approximate surface area is 160 Å².